The zero-order valence-electron chi connectivity index (χ0n) is 16.0. The van der Waals surface area contributed by atoms with Crippen LogP contribution in [0.2, 0.25) is 0 Å². The summed E-state index contributed by atoms with van der Waals surface area (Å²) in [5.74, 6) is 0.978. The molecule has 0 bridgehead atoms. The number of nitrogens with one attached hydrogen (secondary N) is 1. The zero-order chi connectivity index (χ0) is 19.3. The van der Waals surface area contributed by atoms with Gasteiger partial charge in [-0.25, -0.2) is 4.98 Å². The molecule has 2 fully saturated rings. The number of hydrogen-bond acceptors (Lipinski definition) is 5. The van der Waals surface area contributed by atoms with Crippen LogP contribution in [0.25, 0.3) is 0 Å². The fourth-order valence-electron chi connectivity index (χ4n) is 3.92. The van der Waals surface area contributed by atoms with E-state index in [0.29, 0.717) is 25.4 Å². The van der Waals surface area contributed by atoms with Crippen molar-refractivity contribution in [3.63, 3.8) is 0 Å². The second-order valence-corrected chi connectivity index (χ2v) is 7.50. The summed E-state index contributed by atoms with van der Waals surface area (Å²) in [6, 6.07) is 7.40. The van der Waals surface area contributed by atoms with Crippen LogP contribution in [0.1, 0.15) is 41.8 Å². The molecule has 0 aliphatic carbocycles. The largest absolute Gasteiger partial charge is 0.459 e. The Bertz CT molecular complexity index is 798. The number of nitrogens with zero attached hydrogens (tertiary/aromatic N) is 3. The number of aromatic nitrogens is 1. The molecule has 0 saturated carbocycles. The molecule has 2 aromatic rings. The van der Waals surface area contributed by atoms with Gasteiger partial charge in [-0.2, -0.15) is 0 Å². The second kappa shape index (κ2) is 8.46. The number of carbonyl (C=O) groups excluding carboxylic acids is 2. The van der Waals surface area contributed by atoms with Crippen LogP contribution in [0.3, 0.4) is 0 Å². The van der Waals surface area contributed by atoms with Gasteiger partial charge in [0.25, 0.3) is 5.91 Å². The molecule has 2 aliphatic rings. The maximum absolute atomic E-state index is 12.6. The van der Waals surface area contributed by atoms with E-state index in [0.717, 1.165) is 37.3 Å². The molecule has 2 aliphatic heterocycles. The number of anilines is 1. The molecule has 7 nitrogen and oxygen atoms in total. The fraction of sp³-hybridized carbons (Fsp3) is 0.476. The van der Waals surface area contributed by atoms with Gasteiger partial charge in [0.05, 0.1) is 12.2 Å². The van der Waals surface area contributed by atoms with Gasteiger partial charge in [0.2, 0.25) is 5.91 Å². The van der Waals surface area contributed by atoms with Crippen LogP contribution in [0.5, 0.6) is 0 Å². The Morgan fingerprint density at radius 2 is 2.00 bits per heavy atom. The van der Waals surface area contributed by atoms with Crippen molar-refractivity contribution in [2.75, 3.05) is 31.1 Å². The molecule has 2 saturated heterocycles. The minimum Gasteiger partial charge on any atom is -0.459 e. The van der Waals surface area contributed by atoms with Crippen LogP contribution in [0, 0.1) is 5.92 Å². The summed E-state index contributed by atoms with van der Waals surface area (Å²) in [4.78, 5) is 33.6. The molecule has 4 rings (SSSR count). The van der Waals surface area contributed by atoms with E-state index in [2.05, 4.69) is 15.2 Å². The van der Waals surface area contributed by atoms with E-state index in [1.807, 2.05) is 18.3 Å². The highest BCUT2D eigenvalue weighted by Crippen LogP contribution is 2.20. The van der Waals surface area contributed by atoms with Crippen molar-refractivity contribution in [3.8, 4) is 0 Å². The Balaban J connectivity index is 1.29. The molecule has 0 radical (unpaired) electrons. The molecule has 4 heterocycles. The molecule has 0 aromatic carbocycles. The minimum atomic E-state index is -0.190. The zero-order valence-corrected chi connectivity index (χ0v) is 16.0. The van der Waals surface area contributed by atoms with Crippen LogP contribution >= 0.6 is 0 Å². The van der Waals surface area contributed by atoms with Crippen molar-refractivity contribution in [2.24, 2.45) is 5.92 Å². The van der Waals surface area contributed by atoms with Gasteiger partial charge in [-0.05, 0) is 49.4 Å². The molecule has 1 N–H and O–H groups in total. The lowest BCUT2D eigenvalue weighted by molar-refractivity contribution is -0.126. The third kappa shape index (κ3) is 4.18. The van der Waals surface area contributed by atoms with E-state index in [1.165, 1.54) is 19.1 Å². The first-order valence-electron chi connectivity index (χ1n) is 10.0. The highest BCUT2D eigenvalue weighted by Gasteiger charge is 2.29. The molecule has 28 heavy (non-hydrogen) atoms. The molecular formula is C21H26N4O3. The standard InChI is InChI=1S/C21H26N4O3/c26-20(17-5-3-11-25(15-17)21(27)18-6-4-12-28-18)23-14-16-7-8-19(22-13-16)24-9-1-2-10-24/h4,6-8,12-13,17H,1-3,5,9-11,14-15H2,(H,23,26)/t17-/m0/s1. The number of amides is 2. The van der Waals surface area contributed by atoms with E-state index < -0.39 is 0 Å². The van der Waals surface area contributed by atoms with Crippen molar-refractivity contribution >= 4 is 17.6 Å². The number of hydrogen-bond donors (Lipinski definition) is 1. The molecule has 0 unspecified atom stereocenters. The summed E-state index contributed by atoms with van der Waals surface area (Å²) in [7, 11) is 0. The van der Waals surface area contributed by atoms with Gasteiger partial charge >= 0.3 is 0 Å². The lowest BCUT2D eigenvalue weighted by atomic mass is 9.97. The van der Waals surface area contributed by atoms with Crippen molar-refractivity contribution in [1.82, 2.24) is 15.2 Å². The Labute approximate surface area is 164 Å². The quantitative estimate of drug-likeness (QED) is 0.859. The number of furan rings is 1. The predicted molar refractivity (Wildman–Crippen MR) is 105 cm³/mol. The number of carbonyl (C=O) groups is 2. The fourth-order valence-corrected chi connectivity index (χ4v) is 3.92. The summed E-state index contributed by atoms with van der Waals surface area (Å²) in [5.41, 5.74) is 0.982. The van der Waals surface area contributed by atoms with Crippen molar-refractivity contribution in [3.05, 3.63) is 48.0 Å². The van der Waals surface area contributed by atoms with Gasteiger partial charge in [0, 0.05) is 38.9 Å². The Hall–Kier alpha value is -2.83. The predicted octanol–water partition coefficient (Wildman–Crippen LogP) is 2.44. The van der Waals surface area contributed by atoms with Gasteiger partial charge in [-0.1, -0.05) is 6.07 Å². The van der Waals surface area contributed by atoms with Crippen molar-refractivity contribution < 1.29 is 14.0 Å². The molecule has 7 heteroatoms. The van der Waals surface area contributed by atoms with Crippen LogP contribution in [-0.2, 0) is 11.3 Å². The Morgan fingerprint density at radius 1 is 1.14 bits per heavy atom. The van der Waals surface area contributed by atoms with Gasteiger partial charge in [-0.15, -0.1) is 0 Å². The SMILES string of the molecule is O=C(NCc1ccc(N2CCCC2)nc1)[C@H]1CCCN(C(=O)c2ccco2)C1. The Kier molecular flexibility index (Phi) is 5.60. The minimum absolute atomic E-state index is 0.0134. The summed E-state index contributed by atoms with van der Waals surface area (Å²) in [5, 5.41) is 3.00. The third-order valence-corrected chi connectivity index (χ3v) is 5.52. The molecule has 0 spiro atoms. The van der Waals surface area contributed by atoms with E-state index in [-0.39, 0.29) is 17.7 Å². The van der Waals surface area contributed by atoms with Gasteiger partial charge in [0.1, 0.15) is 5.82 Å². The summed E-state index contributed by atoms with van der Waals surface area (Å²) >= 11 is 0. The highest BCUT2D eigenvalue weighted by atomic mass is 16.3. The van der Waals surface area contributed by atoms with Crippen molar-refractivity contribution in [2.45, 2.75) is 32.2 Å². The lowest BCUT2D eigenvalue weighted by Gasteiger charge is -2.31. The first-order chi connectivity index (χ1) is 13.7. The maximum Gasteiger partial charge on any atom is 0.289 e. The monoisotopic (exact) mass is 382 g/mol. The number of likely N-dealkylation sites (tertiary alicyclic amines) is 1. The van der Waals surface area contributed by atoms with Gasteiger partial charge in [0.15, 0.2) is 5.76 Å². The van der Waals surface area contributed by atoms with Crippen LogP contribution in [0.4, 0.5) is 5.82 Å². The van der Waals surface area contributed by atoms with Crippen LogP contribution in [-0.4, -0.2) is 47.9 Å². The maximum atomic E-state index is 12.6. The third-order valence-electron chi connectivity index (χ3n) is 5.52. The average Bonchev–Trinajstić information content (AvgIpc) is 3.46. The van der Waals surface area contributed by atoms with Gasteiger partial charge < -0.3 is 19.5 Å². The molecule has 2 aromatic heterocycles. The highest BCUT2D eigenvalue weighted by molar-refractivity contribution is 5.92. The van der Waals surface area contributed by atoms with Crippen molar-refractivity contribution in [1.29, 1.82) is 0 Å². The van der Waals surface area contributed by atoms with E-state index in [9.17, 15) is 9.59 Å². The second-order valence-electron chi connectivity index (χ2n) is 7.50. The Morgan fingerprint density at radius 3 is 2.71 bits per heavy atom. The molecule has 1 atom stereocenters. The molecule has 148 valence electrons. The first-order valence-corrected chi connectivity index (χ1v) is 10.0. The first kappa shape index (κ1) is 18.5. The summed E-state index contributed by atoms with van der Waals surface area (Å²) in [6.07, 6.45) is 7.38. The lowest BCUT2D eigenvalue weighted by Crippen LogP contribution is -2.45. The van der Waals surface area contributed by atoms with E-state index >= 15 is 0 Å². The average molecular weight is 382 g/mol. The van der Waals surface area contributed by atoms with E-state index in [1.54, 1.807) is 17.0 Å². The van der Waals surface area contributed by atoms with Gasteiger partial charge in [-0.3, -0.25) is 9.59 Å². The van der Waals surface area contributed by atoms with E-state index in [4.69, 9.17) is 4.42 Å². The summed E-state index contributed by atoms with van der Waals surface area (Å²) < 4.78 is 5.19. The topological polar surface area (TPSA) is 78.7 Å². The number of rotatable bonds is 5. The van der Waals surface area contributed by atoms with Crippen LogP contribution < -0.4 is 10.2 Å². The number of pyridine rings is 1. The summed E-state index contributed by atoms with van der Waals surface area (Å²) in [6.45, 7) is 3.67. The van der Waals surface area contributed by atoms with Crippen LogP contribution in [0.15, 0.2) is 41.1 Å². The molecule has 2 amide bonds. The normalized spacial score (nSPS) is 19.6. The number of piperidine rings is 1. The molecular weight excluding hydrogens is 356 g/mol. The smallest absolute Gasteiger partial charge is 0.289 e.